The average molecular weight is 337 g/mol. The molecule has 0 N–H and O–H groups in total. The van der Waals surface area contributed by atoms with Crippen LogP contribution in [0.2, 0.25) is 0 Å². The maximum Gasteiger partial charge on any atom is 0.311 e. The van der Waals surface area contributed by atoms with Gasteiger partial charge in [-0.2, -0.15) is 0 Å². The van der Waals surface area contributed by atoms with Gasteiger partial charge in [0.25, 0.3) is 0 Å². The Balaban J connectivity index is 1.58. The van der Waals surface area contributed by atoms with Crippen molar-refractivity contribution < 1.29 is 14.3 Å². The summed E-state index contributed by atoms with van der Waals surface area (Å²) >= 11 is 0. The quantitative estimate of drug-likeness (QED) is 0.783. The standard InChI is InChI=1S/C21H23NO3/c1-15-8-10-17(11-9-15)14-25-21(24)19-12-20(23)22(13-19)16(2)18-6-4-3-5-7-18/h3-11,16,19H,12-14H2,1-2H3/t16-,19+/m1/s1. The van der Waals surface area contributed by atoms with Gasteiger partial charge in [0.15, 0.2) is 0 Å². The van der Waals surface area contributed by atoms with E-state index in [9.17, 15) is 9.59 Å². The fourth-order valence-corrected chi connectivity index (χ4v) is 3.13. The van der Waals surface area contributed by atoms with E-state index in [0.717, 1.165) is 11.1 Å². The summed E-state index contributed by atoms with van der Waals surface area (Å²) in [6.07, 6.45) is 0.226. The van der Waals surface area contributed by atoms with Gasteiger partial charge in [-0.05, 0) is 25.0 Å². The van der Waals surface area contributed by atoms with Crippen molar-refractivity contribution in [3.05, 3.63) is 71.3 Å². The molecule has 3 rings (SSSR count). The zero-order chi connectivity index (χ0) is 17.8. The van der Waals surface area contributed by atoms with Crippen LogP contribution in [0.25, 0.3) is 0 Å². The van der Waals surface area contributed by atoms with Crippen LogP contribution in [0.15, 0.2) is 54.6 Å². The number of amides is 1. The molecule has 0 saturated carbocycles. The number of carbonyl (C=O) groups excluding carboxylic acids is 2. The summed E-state index contributed by atoms with van der Waals surface area (Å²) in [5, 5.41) is 0. The van der Waals surface area contributed by atoms with Crippen LogP contribution in [0.1, 0.15) is 36.1 Å². The molecule has 0 aromatic heterocycles. The molecule has 1 saturated heterocycles. The highest BCUT2D eigenvalue weighted by atomic mass is 16.5. The Bertz CT molecular complexity index is 739. The third kappa shape index (κ3) is 4.08. The molecule has 4 nitrogen and oxygen atoms in total. The van der Waals surface area contributed by atoms with Crippen molar-refractivity contribution in [3.8, 4) is 0 Å². The third-order valence-corrected chi connectivity index (χ3v) is 4.74. The van der Waals surface area contributed by atoms with Crippen molar-refractivity contribution in [3.63, 3.8) is 0 Å². The summed E-state index contributed by atoms with van der Waals surface area (Å²) in [5.41, 5.74) is 3.20. The van der Waals surface area contributed by atoms with Gasteiger partial charge in [0.1, 0.15) is 6.61 Å². The minimum Gasteiger partial charge on any atom is -0.461 e. The van der Waals surface area contributed by atoms with Crippen LogP contribution >= 0.6 is 0 Å². The van der Waals surface area contributed by atoms with E-state index in [0.29, 0.717) is 6.54 Å². The van der Waals surface area contributed by atoms with E-state index in [4.69, 9.17) is 4.74 Å². The molecule has 1 heterocycles. The first-order chi connectivity index (χ1) is 12.0. The molecule has 2 aromatic carbocycles. The number of ether oxygens (including phenoxy) is 1. The molecule has 25 heavy (non-hydrogen) atoms. The highest BCUT2D eigenvalue weighted by Crippen LogP contribution is 2.29. The van der Waals surface area contributed by atoms with E-state index in [1.807, 2.05) is 68.4 Å². The molecule has 0 radical (unpaired) electrons. The first kappa shape index (κ1) is 17.2. The Hall–Kier alpha value is -2.62. The molecule has 1 aliphatic heterocycles. The Morgan fingerprint density at radius 2 is 1.84 bits per heavy atom. The van der Waals surface area contributed by atoms with E-state index in [2.05, 4.69) is 0 Å². The van der Waals surface area contributed by atoms with Crippen molar-refractivity contribution in [1.82, 2.24) is 4.90 Å². The molecule has 1 fully saturated rings. The molecule has 1 amide bonds. The number of hydrogen-bond acceptors (Lipinski definition) is 3. The summed E-state index contributed by atoms with van der Waals surface area (Å²) in [7, 11) is 0. The maximum absolute atomic E-state index is 12.3. The van der Waals surface area contributed by atoms with Gasteiger partial charge in [0.05, 0.1) is 12.0 Å². The number of likely N-dealkylation sites (tertiary alicyclic amines) is 1. The maximum atomic E-state index is 12.3. The van der Waals surface area contributed by atoms with E-state index >= 15 is 0 Å². The smallest absolute Gasteiger partial charge is 0.311 e. The number of benzene rings is 2. The number of carbonyl (C=O) groups is 2. The molecule has 0 unspecified atom stereocenters. The molecule has 0 spiro atoms. The van der Waals surface area contributed by atoms with Crippen molar-refractivity contribution in [2.24, 2.45) is 5.92 Å². The lowest BCUT2D eigenvalue weighted by molar-refractivity contribution is -0.149. The second kappa shape index (κ2) is 7.51. The highest BCUT2D eigenvalue weighted by Gasteiger charge is 2.37. The third-order valence-electron chi connectivity index (χ3n) is 4.74. The number of hydrogen-bond donors (Lipinski definition) is 0. The highest BCUT2D eigenvalue weighted by molar-refractivity contribution is 5.87. The Morgan fingerprint density at radius 3 is 2.52 bits per heavy atom. The molecule has 2 aromatic rings. The number of rotatable bonds is 5. The number of nitrogens with zero attached hydrogens (tertiary/aromatic N) is 1. The summed E-state index contributed by atoms with van der Waals surface area (Å²) in [5.74, 6) is -0.672. The lowest BCUT2D eigenvalue weighted by Crippen LogP contribution is -2.29. The molecular formula is C21H23NO3. The van der Waals surface area contributed by atoms with Crippen LogP contribution in [0, 0.1) is 12.8 Å². The predicted molar refractivity (Wildman–Crippen MR) is 95.7 cm³/mol. The SMILES string of the molecule is Cc1ccc(COC(=O)[C@H]2CC(=O)N([C@H](C)c3ccccc3)C2)cc1. The van der Waals surface area contributed by atoms with Gasteiger partial charge in [0, 0.05) is 13.0 Å². The van der Waals surface area contributed by atoms with Gasteiger partial charge >= 0.3 is 5.97 Å². The van der Waals surface area contributed by atoms with Crippen LogP contribution in [-0.2, 0) is 20.9 Å². The summed E-state index contributed by atoms with van der Waals surface area (Å²) < 4.78 is 5.42. The first-order valence-corrected chi connectivity index (χ1v) is 8.61. The van der Waals surface area contributed by atoms with E-state index in [-0.39, 0.29) is 36.9 Å². The van der Waals surface area contributed by atoms with Crippen LogP contribution in [0.3, 0.4) is 0 Å². The number of aryl methyl sites for hydroxylation is 1. The lowest BCUT2D eigenvalue weighted by Gasteiger charge is -2.25. The van der Waals surface area contributed by atoms with Gasteiger partial charge < -0.3 is 9.64 Å². The molecule has 1 aliphatic rings. The topological polar surface area (TPSA) is 46.6 Å². The van der Waals surface area contributed by atoms with Crippen molar-refractivity contribution >= 4 is 11.9 Å². The zero-order valence-electron chi connectivity index (χ0n) is 14.6. The molecule has 4 heteroatoms. The van der Waals surface area contributed by atoms with E-state index in [1.54, 1.807) is 4.90 Å². The number of esters is 1. The van der Waals surface area contributed by atoms with E-state index < -0.39 is 0 Å². The fraction of sp³-hybridized carbons (Fsp3) is 0.333. The Labute approximate surface area is 148 Å². The Kier molecular flexibility index (Phi) is 5.17. The van der Waals surface area contributed by atoms with Gasteiger partial charge in [0.2, 0.25) is 5.91 Å². The normalized spacial score (nSPS) is 18.2. The van der Waals surface area contributed by atoms with Crippen LogP contribution in [0.4, 0.5) is 0 Å². The summed E-state index contributed by atoms with van der Waals surface area (Å²) in [6.45, 7) is 4.68. The van der Waals surface area contributed by atoms with Crippen LogP contribution < -0.4 is 0 Å². The molecule has 0 bridgehead atoms. The second-order valence-corrected chi connectivity index (χ2v) is 6.63. The second-order valence-electron chi connectivity index (χ2n) is 6.63. The molecular weight excluding hydrogens is 314 g/mol. The van der Waals surface area contributed by atoms with Crippen molar-refractivity contribution in [2.75, 3.05) is 6.54 Å². The Morgan fingerprint density at radius 1 is 1.16 bits per heavy atom. The lowest BCUT2D eigenvalue weighted by atomic mass is 10.1. The molecule has 2 atom stereocenters. The van der Waals surface area contributed by atoms with Crippen LogP contribution in [-0.4, -0.2) is 23.3 Å². The van der Waals surface area contributed by atoms with Gasteiger partial charge in [-0.25, -0.2) is 0 Å². The fourth-order valence-electron chi connectivity index (χ4n) is 3.13. The molecule has 0 aliphatic carbocycles. The molecule has 130 valence electrons. The van der Waals surface area contributed by atoms with Crippen molar-refractivity contribution in [2.45, 2.75) is 32.9 Å². The minimum atomic E-state index is -0.385. The summed E-state index contributed by atoms with van der Waals surface area (Å²) in [4.78, 5) is 26.4. The summed E-state index contributed by atoms with van der Waals surface area (Å²) in [6, 6.07) is 17.7. The zero-order valence-corrected chi connectivity index (χ0v) is 14.6. The van der Waals surface area contributed by atoms with Crippen molar-refractivity contribution in [1.29, 1.82) is 0 Å². The van der Waals surface area contributed by atoms with Gasteiger partial charge in [-0.1, -0.05) is 60.2 Å². The minimum absolute atomic E-state index is 0.00800. The van der Waals surface area contributed by atoms with Gasteiger partial charge in [-0.15, -0.1) is 0 Å². The predicted octanol–water partition coefficient (Wildman–Crippen LogP) is 3.65. The largest absolute Gasteiger partial charge is 0.461 e. The van der Waals surface area contributed by atoms with Gasteiger partial charge in [-0.3, -0.25) is 9.59 Å². The van der Waals surface area contributed by atoms with Crippen LogP contribution in [0.5, 0.6) is 0 Å². The average Bonchev–Trinajstić information content (AvgIpc) is 3.03. The van der Waals surface area contributed by atoms with E-state index in [1.165, 1.54) is 5.56 Å². The first-order valence-electron chi connectivity index (χ1n) is 8.61. The monoisotopic (exact) mass is 337 g/mol.